The van der Waals surface area contributed by atoms with E-state index < -0.39 is 0 Å². The summed E-state index contributed by atoms with van der Waals surface area (Å²) < 4.78 is 0. The van der Waals surface area contributed by atoms with Crippen LogP contribution in [0, 0.1) is 5.92 Å². The van der Waals surface area contributed by atoms with Crippen LogP contribution < -0.4 is 5.32 Å². The van der Waals surface area contributed by atoms with Crippen molar-refractivity contribution in [1.29, 1.82) is 0 Å². The number of hydrogen-bond donors (Lipinski definition) is 1. The maximum Gasteiger partial charge on any atom is 0.0376 e. The van der Waals surface area contributed by atoms with E-state index in [1.165, 1.54) is 42.6 Å². The third-order valence-corrected chi connectivity index (χ3v) is 6.20. The summed E-state index contributed by atoms with van der Waals surface area (Å²) in [5.74, 6) is 0.684. The minimum Gasteiger partial charge on any atom is -0.315 e. The van der Waals surface area contributed by atoms with Crippen LogP contribution in [0.4, 0.5) is 0 Å². The van der Waals surface area contributed by atoms with Gasteiger partial charge in [0.15, 0.2) is 0 Å². The van der Waals surface area contributed by atoms with Crippen molar-refractivity contribution in [1.82, 2.24) is 5.32 Å². The third-order valence-electron chi connectivity index (χ3n) is 4.31. The molecule has 3 atom stereocenters. The molecule has 1 heterocycles. The summed E-state index contributed by atoms with van der Waals surface area (Å²) in [6.07, 6.45) is 6.40. The minimum atomic E-state index is 0.398. The van der Waals surface area contributed by atoms with Crippen molar-refractivity contribution >= 4 is 23.4 Å². The van der Waals surface area contributed by atoms with E-state index in [-0.39, 0.29) is 0 Å². The summed E-state index contributed by atoms with van der Waals surface area (Å²) in [5.41, 5.74) is 1.52. The van der Waals surface area contributed by atoms with Crippen molar-refractivity contribution in [3.8, 4) is 0 Å². The van der Waals surface area contributed by atoms with Crippen LogP contribution in [-0.2, 0) is 6.42 Å². The Kier molecular flexibility index (Phi) is 4.73. The van der Waals surface area contributed by atoms with Crippen molar-refractivity contribution in [3.05, 3.63) is 29.8 Å². The summed E-state index contributed by atoms with van der Waals surface area (Å²) in [4.78, 5) is 1.47. The quantitative estimate of drug-likeness (QED) is 0.840. The number of alkyl halides is 1. The zero-order valence-corrected chi connectivity index (χ0v) is 12.8. The Morgan fingerprint density at radius 3 is 2.84 bits per heavy atom. The van der Waals surface area contributed by atoms with Gasteiger partial charge in [0.25, 0.3) is 0 Å². The second-order valence-corrected chi connectivity index (χ2v) is 7.67. The Labute approximate surface area is 125 Å². The van der Waals surface area contributed by atoms with Crippen LogP contribution in [0.25, 0.3) is 0 Å². The molecule has 1 N–H and O–H groups in total. The number of nitrogens with one attached hydrogen (secondary N) is 1. The van der Waals surface area contributed by atoms with Crippen LogP contribution in [0.5, 0.6) is 0 Å². The average molecular weight is 296 g/mol. The van der Waals surface area contributed by atoms with Crippen molar-refractivity contribution in [3.63, 3.8) is 0 Å². The summed E-state index contributed by atoms with van der Waals surface area (Å²) in [5, 5.41) is 4.76. The maximum absolute atomic E-state index is 6.41. The molecule has 3 heteroatoms. The highest BCUT2D eigenvalue weighted by atomic mass is 35.5. The Hall–Kier alpha value is -0.180. The SMILES string of the molecule is ClC1CCCCC1CNCC1Cc2ccccc2S1. The fourth-order valence-electron chi connectivity index (χ4n) is 3.19. The van der Waals surface area contributed by atoms with E-state index in [9.17, 15) is 0 Å². The van der Waals surface area contributed by atoms with Gasteiger partial charge in [-0.25, -0.2) is 0 Å². The van der Waals surface area contributed by atoms with Gasteiger partial charge in [-0.3, -0.25) is 0 Å². The highest BCUT2D eigenvalue weighted by Crippen LogP contribution is 2.36. The molecule has 1 fully saturated rings. The van der Waals surface area contributed by atoms with Gasteiger partial charge in [0, 0.05) is 22.1 Å². The molecule has 2 aliphatic rings. The summed E-state index contributed by atoms with van der Waals surface area (Å²) in [7, 11) is 0. The molecule has 1 aromatic rings. The smallest absolute Gasteiger partial charge is 0.0376 e. The lowest BCUT2D eigenvalue weighted by molar-refractivity contribution is 0.349. The Morgan fingerprint density at radius 1 is 1.16 bits per heavy atom. The third kappa shape index (κ3) is 3.48. The van der Waals surface area contributed by atoms with Crippen LogP contribution in [0.1, 0.15) is 31.2 Å². The van der Waals surface area contributed by atoms with Gasteiger partial charge in [-0.15, -0.1) is 23.4 Å². The largest absolute Gasteiger partial charge is 0.315 e. The predicted octanol–water partition coefficient (Wildman–Crippen LogP) is 4.09. The molecule has 1 aliphatic heterocycles. The van der Waals surface area contributed by atoms with Gasteiger partial charge in [-0.05, 0) is 43.4 Å². The molecular weight excluding hydrogens is 274 g/mol. The second-order valence-electron chi connectivity index (χ2n) is 5.77. The number of halogens is 1. The fraction of sp³-hybridized carbons (Fsp3) is 0.625. The van der Waals surface area contributed by atoms with Crippen molar-refractivity contribution < 1.29 is 0 Å². The standard InChI is InChI=1S/C16H22ClNS/c17-15-7-3-1-6-13(15)10-18-11-14-9-12-5-2-4-8-16(12)19-14/h2,4-5,8,13-15,18H,1,3,6-7,9-11H2. The zero-order valence-electron chi connectivity index (χ0n) is 11.3. The molecule has 3 unspecified atom stereocenters. The molecule has 0 aromatic heterocycles. The highest BCUT2D eigenvalue weighted by molar-refractivity contribution is 8.00. The van der Waals surface area contributed by atoms with E-state index in [0.717, 1.165) is 13.1 Å². The van der Waals surface area contributed by atoms with E-state index in [2.05, 4.69) is 29.6 Å². The molecule has 1 nitrogen and oxygen atoms in total. The van der Waals surface area contributed by atoms with Crippen LogP contribution in [0.15, 0.2) is 29.2 Å². The molecule has 0 radical (unpaired) electrons. The predicted molar refractivity (Wildman–Crippen MR) is 84.3 cm³/mol. The molecule has 0 amide bonds. The normalized spacial score (nSPS) is 30.3. The minimum absolute atomic E-state index is 0.398. The molecule has 0 saturated heterocycles. The van der Waals surface area contributed by atoms with Gasteiger partial charge in [0.1, 0.15) is 0 Å². The van der Waals surface area contributed by atoms with Gasteiger partial charge in [0.2, 0.25) is 0 Å². The lowest BCUT2D eigenvalue weighted by Crippen LogP contribution is -2.34. The number of hydrogen-bond acceptors (Lipinski definition) is 2. The summed E-state index contributed by atoms with van der Waals surface area (Å²) in [6, 6.07) is 8.80. The van der Waals surface area contributed by atoms with Gasteiger partial charge in [-0.2, -0.15) is 0 Å². The van der Waals surface area contributed by atoms with Crippen molar-refractivity contribution in [2.24, 2.45) is 5.92 Å². The number of fused-ring (bicyclic) bond motifs is 1. The molecule has 0 bridgehead atoms. The topological polar surface area (TPSA) is 12.0 Å². The Bertz CT molecular complexity index is 398. The monoisotopic (exact) mass is 295 g/mol. The molecule has 19 heavy (non-hydrogen) atoms. The fourth-order valence-corrected chi connectivity index (χ4v) is 4.84. The van der Waals surface area contributed by atoms with Gasteiger partial charge < -0.3 is 5.32 Å². The van der Waals surface area contributed by atoms with Crippen molar-refractivity contribution in [2.45, 2.75) is 47.6 Å². The van der Waals surface area contributed by atoms with Gasteiger partial charge in [-0.1, -0.05) is 31.0 Å². The number of benzene rings is 1. The first-order chi connectivity index (χ1) is 9.33. The average Bonchev–Trinajstić information content (AvgIpc) is 2.83. The lowest BCUT2D eigenvalue weighted by Gasteiger charge is -2.27. The van der Waals surface area contributed by atoms with Crippen LogP contribution in [0.2, 0.25) is 0 Å². The maximum atomic E-state index is 6.41. The summed E-state index contributed by atoms with van der Waals surface area (Å²) >= 11 is 8.43. The number of thioether (sulfide) groups is 1. The summed E-state index contributed by atoms with van der Waals surface area (Å²) in [6.45, 7) is 2.21. The molecule has 1 saturated carbocycles. The van der Waals surface area contributed by atoms with E-state index in [0.29, 0.717) is 16.5 Å². The second kappa shape index (κ2) is 6.51. The molecule has 1 aliphatic carbocycles. The van der Waals surface area contributed by atoms with Crippen molar-refractivity contribution in [2.75, 3.05) is 13.1 Å². The molecular formula is C16H22ClNS. The van der Waals surface area contributed by atoms with Gasteiger partial charge in [0.05, 0.1) is 0 Å². The number of rotatable bonds is 4. The molecule has 104 valence electrons. The molecule has 0 spiro atoms. The van der Waals surface area contributed by atoms with Gasteiger partial charge >= 0.3 is 0 Å². The van der Waals surface area contributed by atoms with E-state index in [4.69, 9.17) is 11.6 Å². The van der Waals surface area contributed by atoms with E-state index >= 15 is 0 Å². The first-order valence-corrected chi connectivity index (χ1v) is 8.74. The molecule has 3 rings (SSSR count). The van der Waals surface area contributed by atoms with E-state index in [1.807, 2.05) is 11.8 Å². The Morgan fingerprint density at radius 2 is 2.00 bits per heavy atom. The van der Waals surface area contributed by atoms with E-state index in [1.54, 1.807) is 0 Å². The lowest BCUT2D eigenvalue weighted by atomic mass is 9.89. The van der Waals surface area contributed by atoms with Crippen LogP contribution in [0.3, 0.4) is 0 Å². The van der Waals surface area contributed by atoms with Crippen LogP contribution >= 0.6 is 23.4 Å². The van der Waals surface area contributed by atoms with Crippen LogP contribution in [-0.4, -0.2) is 23.7 Å². The molecule has 1 aromatic carbocycles. The highest BCUT2D eigenvalue weighted by Gasteiger charge is 2.24. The first kappa shape index (κ1) is 13.8. The first-order valence-electron chi connectivity index (χ1n) is 7.42. The Balaban J connectivity index is 1.42. The zero-order chi connectivity index (χ0) is 13.1.